The summed E-state index contributed by atoms with van der Waals surface area (Å²) in [7, 11) is -3.81. The van der Waals surface area contributed by atoms with Gasteiger partial charge in [-0.25, -0.2) is 8.42 Å². The highest BCUT2D eigenvalue weighted by Gasteiger charge is 2.32. The Balaban J connectivity index is 2.51. The fourth-order valence-corrected chi connectivity index (χ4v) is 5.30. The van der Waals surface area contributed by atoms with Crippen LogP contribution in [0.4, 0.5) is 5.69 Å². The van der Waals surface area contributed by atoms with Gasteiger partial charge in [0.05, 0.1) is 11.9 Å². The topological polar surface area (TPSA) is 86.8 Å². The lowest BCUT2D eigenvalue weighted by Crippen LogP contribution is -2.52. The molecular weight excluding hydrogens is 521 g/mol. The molecule has 2 aromatic carbocycles. The molecule has 0 aromatic heterocycles. The standard InChI is InChI=1S/C26H35Cl2N3O4S/c1-7-23(26(33)29-14-17(2)3)30(15-20-21(27)9-8-10-22(20)28)25(32)16-31(36(6,34)35)24-12-11-18(4)13-19(24)5/h8-13,17,23H,7,14-16H2,1-6H3,(H,29,33)/t23-/m0/s1. The molecule has 0 bridgehead atoms. The number of halogens is 2. The molecular formula is C26H35Cl2N3O4S. The van der Waals surface area contributed by atoms with Crippen LogP contribution in [-0.2, 0) is 26.2 Å². The Morgan fingerprint density at radius 1 is 1.06 bits per heavy atom. The molecule has 0 heterocycles. The molecule has 0 saturated carbocycles. The van der Waals surface area contributed by atoms with Gasteiger partial charge in [-0.1, -0.05) is 67.7 Å². The molecule has 0 aliphatic heterocycles. The van der Waals surface area contributed by atoms with Crippen molar-refractivity contribution in [1.29, 1.82) is 0 Å². The molecule has 7 nitrogen and oxygen atoms in total. The molecule has 0 saturated heterocycles. The van der Waals surface area contributed by atoms with Gasteiger partial charge < -0.3 is 10.2 Å². The highest BCUT2D eigenvalue weighted by molar-refractivity contribution is 7.92. The van der Waals surface area contributed by atoms with E-state index in [2.05, 4.69) is 5.32 Å². The highest BCUT2D eigenvalue weighted by atomic mass is 35.5. The number of nitrogens with zero attached hydrogens (tertiary/aromatic N) is 2. The average molecular weight is 557 g/mol. The number of benzene rings is 2. The van der Waals surface area contributed by atoms with E-state index < -0.39 is 28.5 Å². The Morgan fingerprint density at radius 2 is 1.67 bits per heavy atom. The van der Waals surface area contributed by atoms with Crippen LogP contribution in [0.1, 0.15) is 43.9 Å². The molecule has 2 aromatic rings. The van der Waals surface area contributed by atoms with Gasteiger partial charge in [0.15, 0.2) is 0 Å². The first-order valence-electron chi connectivity index (χ1n) is 11.8. The van der Waals surface area contributed by atoms with Crippen molar-refractivity contribution in [2.45, 2.75) is 53.6 Å². The van der Waals surface area contributed by atoms with Crippen molar-refractivity contribution in [2.75, 3.05) is 23.7 Å². The predicted octanol–water partition coefficient (Wildman–Crippen LogP) is 4.96. The number of aryl methyl sites for hydroxylation is 2. The minimum Gasteiger partial charge on any atom is -0.354 e. The van der Waals surface area contributed by atoms with Gasteiger partial charge in [-0.2, -0.15) is 0 Å². The van der Waals surface area contributed by atoms with Crippen molar-refractivity contribution in [2.24, 2.45) is 5.92 Å². The SMILES string of the molecule is CC[C@@H](C(=O)NCC(C)C)N(Cc1c(Cl)cccc1Cl)C(=O)CN(c1ccc(C)cc1C)S(C)(=O)=O. The summed E-state index contributed by atoms with van der Waals surface area (Å²) < 4.78 is 26.6. The molecule has 0 unspecified atom stereocenters. The number of anilines is 1. The predicted molar refractivity (Wildman–Crippen MR) is 147 cm³/mol. The molecule has 1 N–H and O–H groups in total. The smallest absolute Gasteiger partial charge is 0.244 e. The Kier molecular flexibility index (Phi) is 10.6. The third-order valence-corrected chi connectivity index (χ3v) is 7.60. The maximum Gasteiger partial charge on any atom is 0.244 e. The van der Waals surface area contributed by atoms with E-state index in [4.69, 9.17) is 23.2 Å². The number of amides is 2. The number of rotatable bonds is 11. The number of hydrogen-bond acceptors (Lipinski definition) is 4. The Morgan fingerprint density at radius 3 is 2.17 bits per heavy atom. The Bertz CT molecular complexity index is 1180. The summed E-state index contributed by atoms with van der Waals surface area (Å²) in [6, 6.07) is 9.49. The average Bonchev–Trinajstić information content (AvgIpc) is 2.77. The number of hydrogen-bond donors (Lipinski definition) is 1. The van der Waals surface area contributed by atoms with Gasteiger partial charge in [0, 0.05) is 28.7 Å². The van der Waals surface area contributed by atoms with Crippen LogP contribution >= 0.6 is 23.2 Å². The highest BCUT2D eigenvalue weighted by Crippen LogP contribution is 2.28. The van der Waals surface area contributed by atoms with Gasteiger partial charge >= 0.3 is 0 Å². The van der Waals surface area contributed by atoms with Crippen molar-refractivity contribution in [3.8, 4) is 0 Å². The zero-order chi connectivity index (χ0) is 27.2. The minimum absolute atomic E-state index is 0.0462. The number of sulfonamides is 1. The largest absolute Gasteiger partial charge is 0.354 e. The summed E-state index contributed by atoms with van der Waals surface area (Å²) in [5.74, 6) is -0.637. The Hall–Kier alpha value is -2.29. The summed E-state index contributed by atoms with van der Waals surface area (Å²) in [6.07, 6.45) is 1.38. The van der Waals surface area contributed by atoms with Crippen molar-refractivity contribution >= 4 is 50.7 Å². The van der Waals surface area contributed by atoms with E-state index in [0.29, 0.717) is 34.3 Å². The molecule has 0 fully saturated rings. The third-order valence-electron chi connectivity index (χ3n) is 5.76. The van der Waals surface area contributed by atoms with E-state index in [0.717, 1.165) is 21.7 Å². The van der Waals surface area contributed by atoms with E-state index in [1.54, 1.807) is 44.2 Å². The van der Waals surface area contributed by atoms with Gasteiger partial charge in [-0.3, -0.25) is 13.9 Å². The second-order valence-corrected chi connectivity index (χ2v) is 12.1. The molecule has 2 rings (SSSR count). The van der Waals surface area contributed by atoms with Gasteiger partial charge in [0.25, 0.3) is 0 Å². The van der Waals surface area contributed by atoms with E-state index >= 15 is 0 Å². The summed E-state index contributed by atoms with van der Waals surface area (Å²) in [6.45, 7) is 9.37. The third kappa shape index (κ3) is 7.85. The zero-order valence-corrected chi connectivity index (χ0v) is 24.0. The second-order valence-electron chi connectivity index (χ2n) is 9.34. The van der Waals surface area contributed by atoms with Gasteiger partial charge in [0.1, 0.15) is 12.6 Å². The molecule has 0 aliphatic rings. The van der Waals surface area contributed by atoms with Gasteiger partial charge in [-0.15, -0.1) is 0 Å². The minimum atomic E-state index is -3.81. The van der Waals surface area contributed by atoms with Crippen LogP contribution < -0.4 is 9.62 Å². The zero-order valence-electron chi connectivity index (χ0n) is 21.6. The molecule has 36 heavy (non-hydrogen) atoms. The van der Waals surface area contributed by atoms with Crippen molar-refractivity contribution < 1.29 is 18.0 Å². The van der Waals surface area contributed by atoms with Gasteiger partial charge in [-0.05, 0) is 49.9 Å². The van der Waals surface area contributed by atoms with Crippen molar-refractivity contribution in [1.82, 2.24) is 10.2 Å². The number of nitrogens with one attached hydrogen (secondary N) is 1. The first-order chi connectivity index (χ1) is 16.8. The molecule has 198 valence electrons. The van der Waals surface area contributed by atoms with Crippen molar-refractivity contribution in [3.05, 3.63) is 63.1 Å². The first kappa shape index (κ1) is 29.9. The van der Waals surface area contributed by atoms with Gasteiger partial charge in [0.2, 0.25) is 21.8 Å². The second kappa shape index (κ2) is 12.8. The quantitative estimate of drug-likeness (QED) is 0.424. The normalized spacial score (nSPS) is 12.4. The van der Waals surface area contributed by atoms with E-state index in [-0.39, 0.29) is 18.4 Å². The number of carbonyl (C=O) groups excluding carboxylic acids is 2. The van der Waals surface area contributed by atoms with Crippen LogP contribution in [0, 0.1) is 19.8 Å². The monoisotopic (exact) mass is 555 g/mol. The van der Waals surface area contributed by atoms with E-state index in [9.17, 15) is 18.0 Å². The van der Waals surface area contributed by atoms with Crippen LogP contribution in [0.25, 0.3) is 0 Å². The molecule has 2 amide bonds. The maximum atomic E-state index is 13.8. The lowest BCUT2D eigenvalue weighted by molar-refractivity contribution is -0.140. The van der Waals surface area contributed by atoms with Crippen LogP contribution in [0.3, 0.4) is 0 Å². The summed E-state index contributed by atoms with van der Waals surface area (Å²) in [4.78, 5) is 28.3. The summed E-state index contributed by atoms with van der Waals surface area (Å²) in [5.41, 5.74) is 2.58. The lowest BCUT2D eigenvalue weighted by atomic mass is 10.1. The molecule has 0 radical (unpaired) electrons. The van der Waals surface area contributed by atoms with Crippen LogP contribution in [-0.4, -0.2) is 50.5 Å². The summed E-state index contributed by atoms with van der Waals surface area (Å²) in [5, 5.41) is 3.59. The number of carbonyl (C=O) groups is 2. The lowest BCUT2D eigenvalue weighted by Gasteiger charge is -2.33. The Labute approximate surface area is 224 Å². The van der Waals surface area contributed by atoms with Crippen molar-refractivity contribution in [3.63, 3.8) is 0 Å². The van der Waals surface area contributed by atoms with E-state index in [1.807, 2.05) is 26.8 Å². The maximum absolute atomic E-state index is 13.8. The van der Waals surface area contributed by atoms with Crippen LogP contribution in [0.15, 0.2) is 36.4 Å². The van der Waals surface area contributed by atoms with E-state index in [1.165, 1.54) is 4.90 Å². The van der Waals surface area contributed by atoms with Crippen LogP contribution in [0.5, 0.6) is 0 Å². The molecule has 0 aliphatic carbocycles. The fraction of sp³-hybridized carbons (Fsp3) is 0.462. The molecule has 1 atom stereocenters. The molecule has 0 spiro atoms. The van der Waals surface area contributed by atoms with Crippen LogP contribution in [0.2, 0.25) is 10.0 Å². The summed E-state index contributed by atoms with van der Waals surface area (Å²) >= 11 is 12.8. The fourth-order valence-electron chi connectivity index (χ4n) is 3.88. The molecule has 10 heteroatoms. The first-order valence-corrected chi connectivity index (χ1v) is 14.4.